The van der Waals surface area contributed by atoms with Gasteiger partial charge in [-0.1, -0.05) is 20.8 Å². The fourth-order valence-electron chi connectivity index (χ4n) is 3.39. The van der Waals surface area contributed by atoms with Gasteiger partial charge in [-0.3, -0.25) is 4.98 Å². The standard InChI is InChI=1S/C18H25N7/c1-4-11(5-2)25-15(6-3)16(20)23-14-10-22-17(24-18(14)25)12-7-8-21-9-13(12)19/h7-11,15H,4-6,19H2,1-3H3,(H2,20,23)/t15-/m1/s1. The minimum Gasteiger partial charge on any atom is -0.397 e. The van der Waals surface area contributed by atoms with Gasteiger partial charge in [0.05, 0.1) is 24.1 Å². The molecule has 132 valence electrons. The molecule has 1 aliphatic heterocycles. The number of rotatable bonds is 5. The van der Waals surface area contributed by atoms with Crippen LogP contribution >= 0.6 is 0 Å². The van der Waals surface area contributed by atoms with E-state index >= 15 is 0 Å². The highest BCUT2D eigenvalue weighted by Crippen LogP contribution is 2.37. The average Bonchev–Trinajstić information content (AvgIpc) is 2.63. The zero-order chi connectivity index (χ0) is 18.0. The second-order valence-electron chi connectivity index (χ2n) is 6.20. The molecule has 2 aromatic rings. The molecule has 0 saturated heterocycles. The molecule has 0 saturated carbocycles. The van der Waals surface area contributed by atoms with Crippen LogP contribution in [0.1, 0.15) is 40.0 Å². The Morgan fingerprint density at radius 2 is 1.92 bits per heavy atom. The summed E-state index contributed by atoms with van der Waals surface area (Å²) in [5, 5.41) is 0. The van der Waals surface area contributed by atoms with E-state index in [1.165, 1.54) is 0 Å². The van der Waals surface area contributed by atoms with E-state index in [0.717, 1.165) is 30.6 Å². The summed E-state index contributed by atoms with van der Waals surface area (Å²) >= 11 is 0. The van der Waals surface area contributed by atoms with Crippen LogP contribution < -0.4 is 16.4 Å². The molecule has 3 rings (SSSR count). The summed E-state index contributed by atoms with van der Waals surface area (Å²) < 4.78 is 0. The summed E-state index contributed by atoms with van der Waals surface area (Å²) in [7, 11) is 0. The summed E-state index contributed by atoms with van der Waals surface area (Å²) in [6, 6.07) is 2.22. The second kappa shape index (κ2) is 7.04. The molecule has 0 bridgehead atoms. The molecular formula is C18H25N7. The van der Waals surface area contributed by atoms with Crippen molar-refractivity contribution in [1.29, 1.82) is 0 Å². The molecule has 4 N–H and O–H groups in total. The van der Waals surface area contributed by atoms with Gasteiger partial charge in [-0.15, -0.1) is 0 Å². The van der Waals surface area contributed by atoms with Crippen molar-refractivity contribution in [1.82, 2.24) is 15.0 Å². The molecule has 0 amide bonds. The average molecular weight is 339 g/mol. The van der Waals surface area contributed by atoms with Crippen molar-refractivity contribution in [3.8, 4) is 11.4 Å². The number of hydrogen-bond acceptors (Lipinski definition) is 7. The summed E-state index contributed by atoms with van der Waals surface area (Å²) in [5.74, 6) is 2.04. The number of nitrogen functional groups attached to an aromatic ring is 1. The molecule has 0 fully saturated rings. The van der Waals surface area contributed by atoms with E-state index in [4.69, 9.17) is 16.5 Å². The highest BCUT2D eigenvalue weighted by atomic mass is 15.3. The fraction of sp³-hybridized carbons (Fsp3) is 0.444. The maximum atomic E-state index is 6.24. The van der Waals surface area contributed by atoms with Crippen LogP contribution in [0, 0.1) is 0 Å². The van der Waals surface area contributed by atoms with Crippen molar-refractivity contribution in [2.24, 2.45) is 10.7 Å². The number of pyridine rings is 1. The predicted octanol–water partition coefficient (Wildman–Crippen LogP) is 2.90. The second-order valence-corrected chi connectivity index (χ2v) is 6.20. The van der Waals surface area contributed by atoms with Crippen molar-refractivity contribution >= 4 is 23.0 Å². The van der Waals surface area contributed by atoms with E-state index in [2.05, 4.69) is 40.6 Å². The molecule has 0 aliphatic carbocycles. The summed E-state index contributed by atoms with van der Waals surface area (Å²) in [4.78, 5) is 20.1. The molecule has 0 radical (unpaired) electrons. The summed E-state index contributed by atoms with van der Waals surface area (Å²) in [6.07, 6.45) is 7.93. The van der Waals surface area contributed by atoms with Gasteiger partial charge in [0, 0.05) is 17.8 Å². The lowest BCUT2D eigenvalue weighted by atomic mass is 10.0. The first-order valence-electron chi connectivity index (χ1n) is 8.79. The van der Waals surface area contributed by atoms with E-state index in [1.807, 2.05) is 6.07 Å². The van der Waals surface area contributed by atoms with E-state index in [9.17, 15) is 0 Å². The first-order chi connectivity index (χ1) is 12.1. The SMILES string of the molecule is CCC(CC)N1c2nc(-c3ccncc3N)ncc2N=C(N)[C@H]1CC. The van der Waals surface area contributed by atoms with E-state index in [1.54, 1.807) is 18.6 Å². The van der Waals surface area contributed by atoms with Crippen LogP contribution in [-0.2, 0) is 0 Å². The first-order valence-corrected chi connectivity index (χ1v) is 8.79. The van der Waals surface area contributed by atoms with Crippen LogP contribution in [-0.4, -0.2) is 32.9 Å². The molecule has 1 aliphatic rings. The third-order valence-electron chi connectivity index (χ3n) is 4.74. The Morgan fingerprint density at radius 1 is 1.16 bits per heavy atom. The van der Waals surface area contributed by atoms with Gasteiger partial charge < -0.3 is 16.4 Å². The van der Waals surface area contributed by atoms with Crippen molar-refractivity contribution < 1.29 is 0 Å². The third kappa shape index (κ3) is 3.01. The normalized spacial score (nSPS) is 16.7. The van der Waals surface area contributed by atoms with Crippen LogP contribution in [0.2, 0.25) is 0 Å². The van der Waals surface area contributed by atoms with Crippen molar-refractivity contribution in [3.63, 3.8) is 0 Å². The molecular weight excluding hydrogens is 314 g/mol. The largest absolute Gasteiger partial charge is 0.397 e. The van der Waals surface area contributed by atoms with Crippen LogP contribution in [0.25, 0.3) is 11.4 Å². The maximum absolute atomic E-state index is 6.24. The number of fused-ring (bicyclic) bond motifs is 1. The highest BCUT2D eigenvalue weighted by Gasteiger charge is 2.33. The number of aromatic nitrogens is 3. The molecule has 7 heteroatoms. The van der Waals surface area contributed by atoms with Crippen molar-refractivity contribution in [2.45, 2.75) is 52.1 Å². The molecule has 25 heavy (non-hydrogen) atoms. The maximum Gasteiger partial charge on any atom is 0.163 e. The van der Waals surface area contributed by atoms with Crippen LogP contribution in [0.5, 0.6) is 0 Å². The van der Waals surface area contributed by atoms with Gasteiger partial charge in [-0.2, -0.15) is 0 Å². The van der Waals surface area contributed by atoms with Gasteiger partial charge in [0.15, 0.2) is 11.6 Å². The van der Waals surface area contributed by atoms with Gasteiger partial charge >= 0.3 is 0 Å². The number of amidine groups is 1. The van der Waals surface area contributed by atoms with E-state index in [0.29, 0.717) is 29.1 Å². The zero-order valence-corrected chi connectivity index (χ0v) is 15.0. The molecule has 3 heterocycles. The van der Waals surface area contributed by atoms with Gasteiger partial charge in [-0.05, 0) is 25.3 Å². The van der Waals surface area contributed by atoms with Gasteiger partial charge in [0.2, 0.25) is 0 Å². The van der Waals surface area contributed by atoms with Crippen LogP contribution in [0.3, 0.4) is 0 Å². The molecule has 1 atom stereocenters. The predicted molar refractivity (Wildman–Crippen MR) is 102 cm³/mol. The minimum atomic E-state index is 0.0509. The Labute approximate surface area is 148 Å². The lowest BCUT2D eigenvalue weighted by Gasteiger charge is -2.40. The third-order valence-corrected chi connectivity index (χ3v) is 4.74. The van der Waals surface area contributed by atoms with Gasteiger partial charge in [-0.25, -0.2) is 15.0 Å². The van der Waals surface area contributed by atoms with Gasteiger partial charge in [0.1, 0.15) is 11.5 Å². The number of nitrogens with zero attached hydrogens (tertiary/aromatic N) is 5. The Balaban J connectivity index is 2.15. The Bertz CT molecular complexity index is 783. The van der Waals surface area contributed by atoms with Crippen LogP contribution in [0.15, 0.2) is 29.6 Å². The smallest absolute Gasteiger partial charge is 0.163 e. The zero-order valence-electron chi connectivity index (χ0n) is 15.0. The number of anilines is 2. The van der Waals surface area contributed by atoms with E-state index < -0.39 is 0 Å². The Hall–Kier alpha value is -2.70. The first kappa shape index (κ1) is 17.1. The number of nitrogens with two attached hydrogens (primary N) is 2. The number of hydrogen-bond donors (Lipinski definition) is 2. The quantitative estimate of drug-likeness (QED) is 0.867. The topological polar surface area (TPSA) is 106 Å². The fourth-order valence-corrected chi connectivity index (χ4v) is 3.39. The van der Waals surface area contributed by atoms with Gasteiger partial charge in [0.25, 0.3) is 0 Å². The van der Waals surface area contributed by atoms with Crippen molar-refractivity contribution in [3.05, 3.63) is 24.7 Å². The molecule has 7 nitrogen and oxygen atoms in total. The minimum absolute atomic E-state index is 0.0509. The summed E-state index contributed by atoms with van der Waals surface area (Å²) in [6.45, 7) is 6.49. The molecule has 2 aromatic heterocycles. The van der Waals surface area contributed by atoms with E-state index in [-0.39, 0.29) is 6.04 Å². The Kier molecular flexibility index (Phi) is 4.83. The van der Waals surface area contributed by atoms with Crippen molar-refractivity contribution in [2.75, 3.05) is 10.6 Å². The summed E-state index contributed by atoms with van der Waals surface area (Å²) in [5.41, 5.74) is 14.3. The molecule has 0 spiro atoms. The molecule has 0 aromatic carbocycles. The number of aliphatic imine (C=N–C) groups is 1. The lowest BCUT2D eigenvalue weighted by molar-refractivity contribution is 0.515. The molecule has 0 unspecified atom stereocenters. The van der Waals surface area contributed by atoms with Crippen LogP contribution in [0.4, 0.5) is 17.2 Å². The Morgan fingerprint density at radius 3 is 2.56 bits per heavy atom. The highest BCUT2D eigenvalue weighted by molar-refractivity contribution is 5.95. The monoisotopic (exact) mass is 339 g/mol. The lowest BCUT2D eigenvalue weighted by Crippen LogP contribution is -2.51.